The van der Waals surface area contributed by atoms with E-state index >= 15 is 0 Å². The molecule has 8 nitrogen and oxygen atoms in total. The summed E-state index contributed by atoms with van der Waals surface area (Å²) < 4.78 is 45.0. The second-order valence-electron chi connectivity index (χ2n) is 8.08. The number of benzene rings is 1. The lowest BCUT2D eigenvalue weighted by atomic mass is 10.0. The first-order valence-electron chi connectivity index (χ1n) is 10.3. The van der Waals surface area contributed by atoms with E-state index in [9.17, 15) is 17.6 Å². The SMILES string of the molecule is C[S+](C)C#CCc1cn(CC2CN(c3ccc(C4=CCS(=O)(=O)CC4)c(F)c3)C(=O)O2)nn1. The lowest BCUT2D eigenvalue weighted by Crippen LogP contribution is -2.26. The number of hydrogen-bond donors (Lipinski definition) is 0. The van der Waals surface area contributed by atoms with Crippen molar-refractivity contribution < 1.29 is 22.3 Å². The van der Waals surface area contributed by atoms with Crippen LogP contribution in [0.25, 0.3) is 5.57 Å². The fourth-order valence-corrected chi connectivity index (χ4v) is 5.18. The molecule has 0 N–H and O–H groups in total. The molecular weight excluding hydrogens is 467 g/mol. The quantitative estimate of drug-likeness (QED) is 0.469. The van der Waals surface area contributed by atoms with Gasteiger partial charge in [-0.15, -0.1) is 5.10 Å². The zero-order valence-corrected chi connectivity index (χ0v) is 20.0. The fourth-order valence-electron chi connectivity index (χ4n) is 3.67. The molecule has 1 amide bonds. The molecule has 2 aliphatic heterocycles. The number of anilines is 1. The maximum atomic E-state index is 14.8. The average Bonchev–Trinajstić information content (AvgIpc) is 3.34. The summed E-state index contributed by atoms with van der Waals surface area (Å²) in [5.74, 6) is 2.49. The summed E-state index contributed by atoms with van der Waals surface area (Å²) in [5, 5.41) is 11.3. The third-order valence-corrected chi connectivity index (χ3v) is 7.33. The first kappa shape index (κ1) is 23.3. The van der Waals surface area contributed by atoms with Crippen LogP contribution in [-0.2, 0) is 38.4 Å². The molecule has 174 valence electrons. The number of cyclic esters (lactones) is 1. The topological polar surface area (TPSA) is 94.4 Å². The van der Waals surface area contributed by atoms with E-state index in [2.05, 4.69) is 21.5 Å². The minimum atomic E-state index is -3.09. The molecule has 0 saturated carbocycles. The van der Waals surface area contributed by atoms with Crippen molar-refractivity contribution in [3.8, 4) is 11.2 Å². The maximum Gasteiger partial charge on any atom is 0.414 e. The average molecular weight is 492 g/mol. The van der Waals surface area contributed by atoms with Crippen molar-refractivity contribution in [1.82, 2.24) is 15.0 Å². The zero-order valence-electron chi connectivity index (χ0n) is 18.3. The molecule has 2 aromatic rings. The van der Waals surface area contributed by atoms with Gasteiger partial charge in [-0.2, -0.15) is 0 Å². The lowest BCUT2D eigenvalue weighted by molar-refractivity contribution is 0.129. The fraction of sp³-hybridized carbons (Fsp3) is 0.409. The van der Waals surface area contributed by atoms with Crippen LogP contribution >= 0.6 is 0 Å². The summed E-state index contributed by atoms with van der Waals surface area (Å²) in [6.07, 6.45) is 7.20. The van der Waals surface area contributed by atoms with E-state index < -0.39 is 27.9 Å². The van der Waals surface area contributed by atoms with Gasteiger partial charge in [0, 0.05) is 11.8 Å². The number of nitrogens with zero attached hydrogens (tertiary/aromatic N) is 4. The van der Waals surface area contributed by atoms with Gasteiger partial charge in [-0.05, 0) is 36.1 Å². The van der Waals surface area contributed by atoms with Gasteiger partial charge in [0.05, 0.1) is 53.3 Å². The van der Waals surface area contributed by atoms with Crippen LogP contribution in [0, 0.1) is 17.0 Å². The number of allylic oxidation sites excluding steroid dienone is 1. The van der Waals surface area contributed by atoms with E-state index in [1.54, 1.807) is 29.1 Å². The van der Waals surface area contributed by atoms with Gasteiger partial charge >= 0.3 is 6.09 Å². The van der Waals surface area contributed by atoms with Crippen LogP contribution in [0.1, 0.15) is 17.7 Å². The highest BCUT2D eigenvalue weighted by Gasteiger charge is 2.33. The highest BCUT2D eigenvalue weighted by atomic mass is 32.2. The Balaban J connectivity index is 1.41. The van der Waals surface area contributed by atoms with E-state index in [0.29, 0.717) is 29.8 Å². The Hall–Kier alpha value is -2.84. The number of ether oxygens (including phenoxy) is 1. The molecule has 11 heteroatoms. The second kappa shape index (κ2) is 9.57. The molecule has 4 rings (SSSR count). The van der Waals surface area contributed by atoms with Gasteiger partial charge in [-0.3, -0.25) is 4.90 Å². The second-order valence-corrected chi connectivity index (χ2v) is 12.1. The Morgan fingerprint density at radius 1 is 1.33 bits per heavy atom. The predicted octanol–water partition coefficient (Wildman–Crippen LogP) is 2.03. The van der Waals surface area contributed by atoms with Crippen LogP contribution in [0.4, 0.5) is 14.9 Å². The summed E-state index contributed by atoms with van der Waals surface area (Å²) in [6, 6.07) is 4.51. The molecule has 2 aliphatic rings. The number of carbonyl (C=O) groups excluding carboxylic acids is 1. The summed E-state index contributed by atoms with van der Waals surface area (Å²) in [5.41, 5.74) is 2.15. The zero-order chi connectivity index (χ0) is 23.6. The third-order valence-electron chi connectivity index (χ3n) is 5.27. The third kappa shape index (κ3) is 5.75. The van der Waals surface area contributed by atoms with Crippen LogP contribution < -0.4 is 4.90 Å². The number of sulfone groups is 1. The first-order valence-corrected chi connectivity index (χ1v) is 14.2. The molecule has 0 radical (unpaired) electrons. The molecular formula is C22H24FN4O4S2+. The number of aromatic nitrogens is 3. The molecule has 33 heavy (non-hydrogen) atoms. The van der Waals surface area contributed by atoms with Gasteiger partial charge in [0.15, 0.2) is 15.1 Å². The van der Waals surface area contributed by atoms with Crippen LogP contribution in [-0.4, -0.2) is 66.2 Å². The van der Waals surface area contributed by atoms with Crippen LogP contribution in [0.2, 0.25) is 0 Å². The summed E-state index contributed by atoms with van der Waals surface area (Å²) in [6.45, 7) is 0.582. The Kier molecular flexibility index (Phi) is 6.76. The number of halogens is 1. The number of rotatable bonds is 5. The van der Waals surface area contributed by atoms with E-state index in [4.69, 9.17) is 4.74 Å². The van der Waals surface area contributed by atoms with Crippen molar-refractivity contribution in [2.24, 2.45) is 0 Å². The molecule has 1 fully saturated rings. The standard InChI is InChI=1S/C22H24FN4O4S2/c1-32(2)9-3-4-17-13-26(25-24-17)14-19-15-27(22(28)31-19)18-5-6-20(21(23)12-18)16-7-10-33(29,30)11-8-16/h5-7,12-13,19H,4,8,10-11,14-15H2,1-2H3/q+1. The molecule has 1 unspecified atom stereocenters. The summed E-state index contributed by atoms with van der Waals surface area (Å²) in [4.78, 5) is 13.8. The van der Waals surface area contributed by atoms with Crippen LogP contribution in [0.15, 0.2) is 30.5 Å². The summed E-state index contributed by atoms with van der Waals surface area (Å²) >= 11 is 0. The van der Waals surface area contributed by atoms with E-state index in [1.165, 1.54) is 11.0 Å². The van der Waals surface area contributed by atoms with Gasteiger partial charge in [0.1, 0.15) is 24.4 Å². The minimum absolute atomic E-state index is 0.00873. The minimum Gasteiger partial charge on any atom is -0.442 e. The van der Waals surface area contributed by atoms with E-state index in [-0.39, 0.29) is 35.4 Å². The van der Waals surface area contributed by atoms with Crippen LogP contribution in [0.3, 0.4) is 0 Å². The molecule has 1 aromatic heterocycles. The molecule has 0 aliphatic carbocycles. The molecule has 1 saturated heterocycles. The number of carbonyl (C=O) groups is 1. The Bertz CT molecular complexity index is 1260. The Morgan fingerprint density at radius 3 is 2.85 bits per heavy atom. The van der Waals surface area contributed by atoms with E-state index in [0.717, 1.165) is 5.69 Å². The van der Waals surface area contributed by atoms with Crippen molar-refractivity contribution in [3.05, 3.63) is 47.5 Å². The molecule has 0 spiro atoms. The van der Waals surface area contributed by atoms with Crippen molar-refractivity contribution in [2.75, 3.05) is 35.5 Å². The molecule has 1 atom stereocenters. The van der Waals surface area contributed by atoms with Gasteiger partial charge < -0.3 is 4.74 Å². The Morgan fingerprint density at radius 2 is 2.15 bits per heavy atom. The van der Waals surface area contributed by atoms with Gasteiger partial charge in [0.2, 0.25) is 0 Å². The Labute approximate surface area is 195 Å². The van der Waals surface area contributed by atoms with Crippen molar-refractivity contribution >= 4 is 38.1 Å². The monoisotopic (exact) mass is 491 g/mol. The molecule has 1 aromatic carbocycles. The number of hydrogen-bond acceptors (Lipinski definition) is 6. The summed E-state index contributed by atoms with van der Waals surface area (Å²) in [7, 11) is -3.04. The molecule has 3 heterocycles. The van der Waals surface area contributed by atoms with Gasteiger partial charge in [-0.25, -0.2) is 22.3 Å². The predicted molar refractivity (Wildman–Crippen MR) is 126 cm³/mol. The van der Waals surface area contributed by atoms with Crippen molar-refractivity contribution in [3.63, 3.8) is 0 Å². The lowest BCUT2D eigenvalue weighted by Gasteiger charge is -2.17. The molecule has 0 bridgehead atoms. The first-order chi connectivity index (χ1) is 15.7. The van der Waals surface area contributed by atoms with Gasteiger partial charge in [0.25, 0.3) is 0 Å². The largest absolute Gasteiger partial charge is 0.442 e. The number of amides is 1. The van der Waals surface area contributed by atoms with Crippen molar-refractivity contribution in [1.29, 1.82) is 0 Å². The highest BCUT2D eigenvalue weighted by Crippen LogP contribution is 2.30. The smallest absolute Gasteiger partial charge is 0.414 e. The van der Waals surface area contributed by atoms with Crippen molar-refractivity contribution in [2.45, 2.75) is 25.5 Å². The maximum absolute atomic E-state index is 14.8. The highest BCUT2D eigenvalue weighted by molar-refractivity contribution is 8.00. The van der Waals surface area contributed by atoms with Crippen LogP contribution in [0.5, 0.6) is 0 Å². The normalized spacial score (nSPS) is 19.8. The van der Waals surface area contributed by atoms with Gasteiger partial charge in [-0.1, -0.05) is 11.3 Å². The van der Waals surface area contributed by atoms with E-state index in [1.807, 2.05) is 12.5 Å².